The molecule has 1 aromatic rings. The third-order valence-corrected chi connectivity index (χ3v) is 5.39. The summed E-state index contributed by atoms with van der Waals surface area (Å²) in [7, 11) is -3.36. The Morgan fingerprint density at radius 2 is 1.84 bits per heavy atom. The lowest BCUT2D eigenvalue weighted by molar-refractivity contribution is 0.147. The van der Waals surface area contributed by atoms with Crippen molar-refractivity contribution >= 4 is 9.84 Å². The van der Waals surface area contributed by atoms with Gasteiger partial charge in [-0.15, -0.1) is 0 Å². The SMILES string of the molecule is CC(C)S(=O)(=O)c1cnc(OC2CCCCC2)cn1. The smallest absolute Gasteiger partial charge is 0.232 e. The van der Waals surface area contributed by atoms with Crippen LogP contribution >= 0.6 is 0 Å². The summed E-state index contributed by atoms with van der Waals surface area (Å²) >= 11 is 0. The van der Waals surface area contributed by atoms with Crippen LogP contribution in [-0.2, 0) is 9.84 Å². The van der Waals surface area contributed by atoms with E-state index in [0.29, 0.717) is 5.88 Å². The zero-order valence-electron chi connectivity index (χ0n) is 11.4. The molecule has 1 heterocycles. The number of nitrogens with zero attached hydrogens (tertiary/aromatic N) is 2. The Morgan fingerprint density at radius 1 is 1.16 bits per heavy atom. The standard InChI is InChI=1S/C13H20N2O3S/c1-10(2)19(16,17)13-9-14-12(8-15-13)18-11-6-4-3-5-7-11/h8-11H,3-7H2,1-2H3. The van der Waals surface area contributed by atoms with E-state index < -0.39 is 15.1 Å². The summed E-state index contributed by atoms with van der Waals surface area (Å²) in [6.07, 6.45) is 8.57. The average molecular weight is 284 g/mol. The lowest BCUT2D eigenvalue weighted by Gasteiger charge is -2.22. The number of aromatic nitrogens is 2. The fourth-order valence-corrected chi connectivity index (χ4v) is 2.99. The molecule has 2 rings (SSSR count). The van der Waals surface area contributed by atoms with Gasteiger partial charge in [-0.25, -0.2) is 18.4 Å². The first kappa shape index (κ1) is 14.2. The highest BCUT2D eigenvalue weighted by Crippen LogP contribution is 2.22. The molecule has 0 amide bonds. The minimum Gasteiger partial charge on any atom is -0.473 e. The van der Waals surface area contributed by atoms with E-state index in [1.54, 1.807) is 13.8 Å². The fourth-order valence-electron chi connectivity index (χ4n) is 2.11. The van der Waals surface area contributed by atoms with Gasteiger partial charge in [-0.3, -0.25) is 0 Å². The van der Waals surface area contributed by atoms with Gasteiger partial charge in [0.05, 0.1) is 17.6 Å². The van der Waals surface area contributed by atoms with E-state index in [1.165, 1.54) is 31.7 Å². The van der Waals surface area contributed by atoms with Crippen molar-refractivity contribution in [1.29, 1.82) is 0 Å². The van der Waals surface area contributed by atoms with Gasteiger partial charge < -0.3 is 4.74 Å². The third-order valence-electron chi connectivity index (χ3n) is 3.36. The molecule has 0 bridgehead atoms. The van der Waals surface area contributed by atoms with Gasteiger partial charge >= 0.3 is 0 Å². The molecular weight excluding hydrogens is 264 g/mol. The molecule has 1 aliphatic carbocycles. The van der Waals surface area contributed by atoms with Crippen LogP contribution in [0.1, 0.15) is 46.0 Å². The molecule has 0 spiro atoms. The normalized spacial score (nSPS) is 17.6. The molecule has 106 valence electrons. The topological polar surface area (TPSA) is 69.2 Å². The Labute approximate surface area is 114 Å². The quantitative estimate of drug-likeness (QED) is 0.849. The van der Waals surface area contributed by atoms with Gasteiger partial charge in [-0.1, -0.05) is 6.42 Å². The largest absolute Gasteiger partial charge is 0.473 e. The predicted molar refractivity (Wildman–Crippen MR) is 71.9 cm³/mol. The monoisotopic (exact) mass is 284 g/mol. The second-order valence-electron chi connectivity index (χ2n) is 5.16. The maximum absolute atomic E-state index is 11.9. The first-order valence-corrected chi connectivity index (χ1v) is 8.27. The Kier molecular flexibility index (Phi) is 4.39. The van der Waals surface area contributed by atoms with Crippen molar-refractivity contribution in [3.8, 4) is 5.88 Å². The summed E-state index contributed by atoms with van der Waals surface area (Å²) < 4.78 is 29.5. The van der Waals surface area contributed by atoms with Crippen molar-refractivity contribution < 1.29 is 13.2 Å². The second kappa shape index (κ2) is 5.86. The zero-order valence-corrected chi connectivity index (χ0v) is 12.2. The average Bonchev–Trinajstić information content (AvgIpc) is 2.40. The van der Waals surface area contributed by atoms with Crippen LogP contribution in [0.25, 0.3) is 0 Å². The van der Waals surface area contributed by atoms with Gasteiger partial charge in [-0.05, 0) is 39.5 Å². The Bertz CT molecular complexity index is 505. The van der Waals surface area contributed by atoms with E-state index in [2.05, 4.69) is 9.97 Å². The molecule has 19 heavy (non-hydrogen) atoms. The Balaban J connectivity index is 2.06. The molecule has 0 aliphatic heterocycles. The molecule has 1 aliphatic rings. The van der Waals surface area contributed by atoms with Crippen molar-refractivity contribution in [3.05, 3.63) is 12.4 Å². The van der Waals surface area contributed by atoms with Gasteiger partial charge in [0.1, 0.15) is 6.10 Å². The maximum Gasteiger partial charge on any atom is 0.232 e. The Hall–Kier alpha value is -1.17. The van der Waals surface area contributed by atoms with Crippen LogP contribution in [0, 0.1) is 0 Å². The summed E-state index contributed by atoms with van der Waals surface area (Å²) in [5, 5.41) is -0.481. The van der Waals surface area contributed by atoms with Crippen molar-refractivity contribution in [2.24, 2.45) is 0 Å². The lowest BCUT2D eigenvalue weighted by Crippen LogP contribution is -2.21. The number of ether oxygens (including phenoxy) is 1. The Morgan fingerprint density at radius 3 is 2.37 bits per heavy atom. The maximum atomic E-state index is 11.9. The highest BCUT2D eigenvalue weighted by atomic mass is 32.2. The molecule has 6 heteroatoms. The van der Waals surface area contributed by atoms with Gasteiger partial charge in [0, 0.05) is 0 Å². The van der Waals surface area contributed by atoms with E-state index in [-0.39, 0.29) is 11.1 Å². The highest BCUT2D eigenvalue weighted by molar-refractivity contribution is 7.91. The van der Waals surface area contributed by atoms with Crippen LogP contribution < -0.4 is 4.74 Å². The summed E-state index contributed by atoms with van der Waals surface area (Å²) in [6.45, 7) is 3.26. The van der Waals surface area contributed by atoms with Crippen molar-refractivity contribution in [2.75, 3.05) is 0 Å². The zero-order chi connectivity index (χ0) is 13.9. The summed E-state index contributed by atoms with van der Waals surface area (Å²) in [5.74, 6) is 0.412. The van der Waals surface area contributed by atoms with Crippen LogP contribution in [0.2, 0.25) is 0 Å². The molecule has 0 unspecified atom stereocenters. The van der Waals surface area contributed by atoms with Gasteiger partial charge in [0.15, 0.2) is 14.9 Å². The summed E-state index contributed by atoms with van der Waals surface area (Å²) in [5.41, 5.74) is 0. The molecule has 5 nitrogen and oxygen atoms in total. The molecule has 1 aromatic heterocycles. The van der Waals surface area contributed by atoms with Gasteiger partial charge in [0.25, 0.3) is 0 Å². The van der Waals surface area contributed by atoms with Crippen molar-refractivity contribution in [2.45, 2.75) is 62.3 Å². The molecule has 0 N–H and O–H groups in total. The minimum atomic E-state index is -3.36. The van der Waals surface area contributed by atoms with Crippen LogP contribution in [0.4, 0.5) is 0 Å². The number of hydrogen-bond acceptors (Lipinski definition) is 5. The first-order valence-electron chi connectivity index (χ1n) is 6.73. The predicted octanol–water partition coefficient (Wildman–Crippen LogP) is 2.37. The third kappa shape index (κ3) is 3.43. The van der Waals surface area contributed by atoms with Crippen LogP contribution in [-0.4, -0.2) is 29.7 Å². The number of hydrogen-bond donors (Lipinski definition) is 0. The lowest BCUT2D eigenvalue weighted by atomic mass is 9.98. The van der Waals surface area contributed by atoms with Gasteiger partial charge in [0.2, 0.25) is 5.88 Å². The molecule has 0 saturated heterocycles. The minimum absolute atomic E-state index is 0.0125. The summed E-state index contributed by atoms with van der Waals surface area (Å²) in [6, 6.07) is 0. The van der Waals surface area contributed by atoms with E-state index in [0.717, 1.165) is 12.8 Å². The molecule has 0 aromatic carbocycles. The molecule has 0 atom stereocenters. The van der Waals surface area contributed by atoms with E-state index >= 15 is 0 Å². The van der Waals surface area contributed by atoms with E-state index in [9.17, 15) is 8.42 Å². The van der Waals surface area contributed by atoms with Crippen LogP contribution in [0.15, 0.2) is 17.4 Å². The fraction of sp³-hybridized carbons (Fsp3) is 0.692. The molecule has 1 fully saturated rings. The molecule has 1 saturated carbocycles. The highest BCUT2D eigenvalue weighted by Gasteiger charge is 2.22. The number of sulfone groups is 1. The van der Waals surface area contributed by atoms with Crippen molar-refractivity contribution in [1.82, 2.24) is 9.97 Å². The summed E-state index contributed by atoms with van der Waals surface area (Å²) in [4.78, 5) is 8.02. The molecular formula is C13H20N2O3S. The number of rotatable bonds is 4. The van der Waals surface area contributed by atoms with E-state index in [4.69, 9.17) is 4.74 Å². The second-order valence-corrected chi connectivity index (χ2v) is 7.62. The van der Waals surface area contributed by atoms with Crippen LogP contribution in [0.3, 0.4) is 0 Å². The molecule has 0 radical (unpaired) electrons. The van der Waals surface area contributed by atoms with Crippen LogP contribution in [0.5, 0.6) is 5.88 Å². The first-order chi connectivity index (χ1) is 9.00. The van der Waals surface area contributed by atoms with E-state index in [1.807, 2.05) is 0 Å². The van der Waals surface area contributed by atoms with Crippen molar-refractivity contribution in [3.63, 3.8) is 0 Å². The van der Waals surface area contributed by atoms with Gasteiger partial charge in [-0.2, -0.15) is 0 Å².